The van der Waals surface area contributed by atoms with Crippen LogP contribution in [0.3, 0.4) is 0 Å². The van der Waals surface area contributed by atoms with Crippen LogP contribution in [0.15, 0.2) is 164 Å². The summed E-state index contributed by atoms with van der Waals surface area (Å²) in [6.07, 6.45) is 3.31. The molecule has 0 aliphatic rings. The van der Waals surface area contributed by atoms with Gasteiger partial charge < -0.3 is 23.7 Å². The summed E-state index contributed by atoms with van der Waals surface area (Å²) < 4.78 is 25.6. The molecule has 0 amide bonds. The first kappa shape index (κ1) is 55.5. The Morgan fingerprint density at radius 1 is 0.403 bits per heavy atom. The number of rotatable bonds is 10. The first-order chi connectivity index (χ1) is 28.7. The maximum atomic E-state index is 11.2. The monoisotopic (exact) mass is 841 g/mol. The lowest BCUT2D eigenvalue weighted by atomic mass is 10.0. The van der Waals surface area contributed by atoms with Crippen molar-refractivity contribution in [3.05, 3.63) is 186 Å². The highest BCUT2D eigenvalue weighted by molar-refractivity contribution is 5.98. The molecule has 7 aromatic carbocycles. The summed E-state index contributed by atoms with van der Waals surface area (Å²) in [7, 11) is 8.34. The highest BCUT2D eigenvalue weighted by Crippen LogP contribution is 2.25. The number of ketones is 1. The average molecular weight is 841 g/mol. The van der Waals surface area contributed by atoms with E-state index in [1.54, 1.807) is 42.5 Å². The zero-order valence-electron chi connectivity index (χ0n) is 36.2. The average Bonchev–Trinajstić information content (AvgIpc) is 3.30. The summed E-state index contributed by atoms with van der Waals surface area (Å²) in [6, 6.07) is 54.2. The Bertz CT molecular complexity index is 2100. The fourth-order valence-electron chi connectivity index (χ4n) is 5.57. The molecule has 0 N–H and O–H groups in total. The number of hydrogen-bond donors (Lipinski definition) is 0. The molecule has 0 aliphatic heterocycles. The molecule has 0 atom stereocenters. The molecule has 7 aromatic rings. The predicted octanol–water partition coefficient (Wildman–Crippen LogP) is 15.3. The van der Waals surface area contributed by atoms with Gasteiger partial charge in [-0.2, -0.15) is 0 Å². The minimum Gasteiger partial charge on any atom is -0.497 e. The summed E-state index contributed by atoms with van der Waals surface area (Å²) in [6.45, 7) is 7.99. The molecule has 0 fully saturated rings. The van der Waals surface area contributed by atoms with E-state index in [-0.39, 0.29) is 28.1 Å². The Hall–Kier alpha value is -6.53. The molecule has 0 saturated heterocycles. The predicted molar refractivity (Wildman–Crippen MR) is 266 cm³/mol. The molecular weight excluding hydrogens is 769 g/mol. The van der Waals surface area contributed by atoms with Gasteiger partial charge in [0.1, 0.15) is 28.7 Å². The maximum absolute atomic E-state index is 11.2. The number of fused-ring (bicyclic) bond motifs is 1. The van der Waals surface area contributed by atoms with Crippen LogP contribution in [0.1, 0.15) is 83.4 Å². The molecule has 0 saturated carbocycles. The zero-order chi connectivity index (χ0) is 42.8. The molecule has 0 heterocycles. The lowest BCUT2D eigenvalue weighted by molar-refractivity contribution is 0.101. The highest BCUT2D eigenvalue weighted by atomic mass is 16.5. The normalized spacial score (nSPS) is 9.24. The molecule has 7 rings (SSSR count). The second-order valence-electron chi connectivity index (χ2n) is 13.4. The third-order valence-electron chi connectivity index (χ3n) is 8.94. The molecule has 0 radical (unpaired) electrons. The molecule has 6 nitrogen and oxygen atoms in total. The van der Waals surface area contributed by atoms with Crippen LogP contribution in [0.2, 0.25) is 0 Å². The standard InChI is InChI=1S/C15H16O2.C14H14O2.C13H12O2.C8H10.C3H8.3CH4/c1-16-14-7-3-12(4-8-14)11-13-5-9-15(17-2)10-6-13;1-15-13-7-3-11(4-8-13)12-5-9-14(16-2)10-6-12;1-9(14)10-3-4-12-8-13(15-2)6-5-11(12)7-10;1-2-8-6-4-3-5-7-8;1-3-2;;;/h3-10H,11H2,1-2H3;3-10H,1-2H3;3-8H,1-2H3;3-7H,2H2,1H3;3H2,1-2H3;3*1H4. The number of carbonyl (C=O) groups excluding carboxylic acids is 1. The summed E-state index contributed by atoms with van der Waals surface area (Å²) >= 11 is 0. The molecule has 0 aliphatic carbocycles. The van der Waals surface area contributed by atoms with E-state index in [0.717, 1.165) is 57.9 Å². The minimum atomic E-state index is 0. The zero-order valence-corrected chi connectivity index (χ0v) is 36.2. The van der Waals surface area contributed by atoms with Gasteiger partial charge in [0, 0.05) is 5.56 Å². The maximum Gasteiger partial charge on any atom is 0.159 e. The van der Waals surface area contributed by atoms with Crippen LogP contribution in [0.4, 0.5) is 0 Å². The van der Waals surface area contributed by atoms with Crippen molar-refractivity contribution in [2.75, 3.05) is 35.5 Å². The number of carbonyl (C=O) groups is 1. The van der Waals surface area contributed by atoms with E-state index in [2.05, 4.69) is 69.3 Å². The van der Waals surface area contributed by atoms with Crippen molar-refractivity contribution in [1.82, 2.24) is 0 Å². The third-order valence-corrected chi connectivity index (χ3v) is 8.94. The van der Waals surface area contributed by atoms with Gasteiger partial charge >= 0.3 is 0 Å². The van der Waals surface area contributed by atoms with Crippen LogP contribution in [0.25, 0.3) is 21.9 Å². The first-order valence-electron chi connectivity index (χ1n) is 19.9. The Balaban J connectivity index is 0.000000788. The van der Waals surface area contributed by atoms with Crippen LogP contribution in [0, 0.1) is 0 Å². The summed E-state index contributed by atoms with van der Waals surface area (Å²) in [4.78, 5) is 11.2. The summed E-state index contributed by atoms with van der Waals surface area (Å²) in [5.74, 6) is 4.45. The molecule has 62 heavy (non-hydrogen) atoms. The van der Waals surface area contributed by atoms with Gasteiger partial charge in [0.15, 0.2) is 5.78 Å². The Morgan fingerprint density at radius 3 is 1.08 bits per heavy atom. The van der Waals surface area contributed by atoms with Gasteiger partial charge in [0.05, 0.1) is 35.5 Å². The largest absolute Gasteiger partial charge is 0.497 e. The van der Waals surface area contributed by atoms with E-state index in [4.69, 9.17) is 23.7 Å². The fourth-order valence-corrected chi connectivity index (χ4v) is 5.57. The third kappa shape index (κ3) is 19.2. The molecule has 0 aromatic heterocycles. The molecule has 6 heteroatoms. The SMILES string of the molecule is C.C.C.CCC.CCc1ccccc1.COc1ccc(-c2ccc(OC)cc2)cc1.COc1ccc(Cc2ccc(OC)cc2)cc1.COc1ccc2cc(C(C)=O)ccc2c1. The molecule has 0 spiro atoms. The van der Waals surface area contributed by atoms with Gasteiger partial charge in [-0.25, -0.2) is 0 Å². The Morgan fingerprint density at radius 2 is 0.742 bits per heavy atom. The number of ether oxygens (including phenoxy) is 5. The van der Waals surface area contributed by atoms with Gasteiger partial charge in [-0.3, -0.25) is 4.79 Å². The smallest absolute Gasteiger partial charge is 0.159 e. The van der Waals surface area contributed by atoms with Crippen LogP contribution in [-0.4, -0.2) is 41.3 Å². The van der Waals surface area contributed by atoms with Crippen molar-refractivity contribution in [1.29, 1.82) is 0 Å². The van der Waals surface area contributed by atoms with E-state index in [0.29, 0.717) is 0 Å². The van der Waals surface area contributed by atoms with E-state index >= 15 is 0 Å². The fraction of sp³-hybridized carbons (Fsp3) is 0.268. The molecule has 0 bridgehead atoms. The van der Waals surface area contributed by atoms with Crippen LogP contribution >= 0.6 is 0 Å². The molecular formula is C56H72O6. The minimum absolute atomic E-state index is 0. The summed E-state index contributed by atoms with van der Waals surface area (Å²) in [5, 5.41) is 2.14. The van der Waals surface area contributed by atoms with Crippen LogP contribution in [-0.2, 0) is 12.8 Å². The topological polar surface area (TPSA) is 63.2 Å². The second kappa shape index (κ2) is 31.4. The lowest BCUT2D eigenvalue weighted by Gasteiger charge is -2.05. The number of methoxy groups -OCH3 is 5. The van der Waals surface area contributed by atoms with Gasteiger partial charge in [-0.15, -0.1) is 0 Å². The van der Waals surface area contributed by atoms with E-state index < -0.39 is 0 Å². The quantitative estimate of drug-likeness (QED) is 0.128. The summed E-state index contributed by atoms with van der Waals surface area (Å²) in [5.41, 5.74) is 7.04. The Labute approximate surface area is 374 Å². The van der Waals surface area contributed by atoms with Crippen molar-refractivity contribution in [3.63, 3.8) is 0 Å². The Kier molecular flexibility index (Phi) is 28.1. The van der Waals surface area contributed by atoms with Gasteiger partial charge in [0.2, 0.25) is 0 Å². The number of hydrogen-bond acceptors (Lipinski definition) is 6. The highest BCUT2D eigenvalue weighted by Gasteiger charge is 2.02. The van der Waals surface area contributed by atoms with Gasteiger partial charge in [-0.05, 0) is 125 Å². The first-order valence-corrected chi connectivity index (χ1v) is 19.9. The number of aryl methyl sites for hydroxylation is 1. The van der Waals surface area contributed by atoms with Gasteiger partial charge in [-0.1, -0.05) is 147 Å². The van der Waals surface area contributed by atoms with Crippen molar-refractivity contribution in [2.24, 2.45) is 0 Å². The van der Waals surface area contributed by atoms with E-state index in [9.17, 15) is 4.79 Å². The van der Waals surface area contributed by atoms with E-state index in [1.807, 2.05) is 115 Å². The number of Topliss-reactive ketones (excluding diaryl/α,β-unsaturated/α-hetero) is 1. The second-order valence-corrected chi connectivity index (χ2v) is 13.4. The van der Waals surface area contributed by atoms with Crippen molar-refractivity contribution < 1.29 is 28.5 Å². The van der Waals surface area contributed by atoms with Crippen molar-refractivity contribution >= 4 is 16.6 Å². The molecule has 332 valence electrons. The van der Waals surface area contributed by atoms with Crippen LogP contribution < -0.4 is 23.7 Å². The van der Waals surface area contributed by atoms with Crippen molar-refractivity contribution in [3.8, 4) is 39.9 Å². The lowest BCUT2D eigenvalue weighted by Crippen LogP contribution is -1.91. The van der Waals surface area contributed by atoms with Gasteiger partial charge in [0.25, 0.3) is 0 Å². The van der Waals surface area contributed by atoms with E-state index in [1.165, 1.54) is 34.2 Å². The van der Waals surface area contributed by atoms with Crippen LogP contribution in [0.5, 0.6) is 28.7 Å². The molecule has 0 unspecified atom stereocenters. The number of benzene rings is 7. The van der Waals surface area contributed by atoms with Crippen molar-refractivity contribution in [2.45, 2.75) is 69.2 Å².